The molecule has 0 aliphatic heterocycles. The summed E-state index contributed by atoms with van der Waals surface area (Å²) < 4.78 is 1.77. The van der Waals surface area contributed by atoms with E-state index in [0.717, 1.165) is 5.56 Å². The van der Waals surface area contributed by atoms with E-state index in [0.29, 0.717) is 16.8 Å². The Morgan fingerprint density at radius 2 is 1.60 bits per heavy atom. The van der Waals surface area contributed by atoms with Crippen LogP contribution in [-0.2, 0) is 6.54 Å². The number of nitrogens with zero attached hydrogens (tertiary/aromatic N) is 1. The summed E-state index contributed by atoms with van der Waals surface area (Å²) in [4.78, 5) is 24.6. The molecule has 0 aliphatic rings. The second-order valence-electron chi connectivity index (χ2n) is 5.87. The Hall–Kier alpha value is -3.27. The van der Waals surface area contributed by atoms with Crippen molar-refractivity contribution < 1.29 is 14.2 Å². The van der Waals surface area contributed by atoms with Gasteiger partial charge in [-0.1, -0.05) is 48.0 Å². The number of carbonyl (C=O) groups excluding carboxylic acids is 2. The molecule has 0 bridgehead atoms. The van der Waals surface area contributed by atoms with Gasteiger partial charge in [0.25, 0.3) is 5.91 Å². The van der Waals surface area contributed by atoms with Crippen molar-refractivity contribution in [2.45, 2.75) is 13.5 Å². The highest BCUT2D eigenvalue weighted by Crippen LogP contribution is 2.08. The van der Waals surface area contributed by atoms with E-state index < -0.39 is 0 Å². The van der Waals surface area contributed by atoms with E-state index >= 15 is 0 Å². The second-order valence-corrected chi connectivity index (χ2v) is 5.87. The number of rotatable bonds is 5. The van der Waals surface area contributed by atoms with Crippen LogP contribution in [0, 0.1) is 6.92 Å². The molecule has 124 valence electrons. The zero-order chi connectivity index (χ0) is 17.6. The Bertz CT molecular complexity index is 887. The summed E-state index contributed by atoms with van der Waals surface area (Å²) in [7, 11) is 0. The van der Waals surface area contributed by atoms with Crippen LogP contribution in [0.15, 0.2) is 79.1 Å². The molecule has 1 aromatic heterocycles. The number of nitrogens with one attached hydrogen (secondary N) is 1. The molecule has 1 N–H and O–H groups in total. The van der Waals surface area contributed by atoms with Crippen molar-refractivity contribution in [2.24, 2.45) is 0 Å². The first-order valence-electron chi connectivity index (χ1n) is 8.07. The number of carbonyl (C=O) groups is 2. The molecule has 0 atom stereocenters. The third kappa shape index (κ3) is 4.38. The van der Waals surface area contributed by atoms with Gasteiger partial charge in [0, 0.05) is 17.2 Å². The van der Waals surface area contributed by atoms with Crippen LogP contribution in [0.1, 0.15) is 26.3 Å². The Morgan fingerprint density at radius 1 is 0.880 bits per heavy atom. The fraction of sp³-hybridized carbons (Fsp3) is 0.0952. The third-order valence-electron chi connectivity index (χ3n) is 3.85. The van der Waals surface area contributed by atoms with Gasteiger partial charge in [-0.15, -0.1) is 0 Å². The molecule has 0 spiro atoms. The van der Waals surface area contributed by atoms with Gasteiger partial charge in [0.1, 0.15) is 5.69 Å². The van der Waals surface area contributed by atoms with E-state index in [9.17, 15) is 9.59 Å². The summed E-state index contributed by atoms with van der Waals surface area (Å²) in [6, 6.07) is 20.1. The Kier molecular flexibility index (Phi) is 5.00. The van der Waals surface area contributed by atoms with Crippen molar-refractivity contribution in [2.75, 3.05) is 5.32 Å². The maximum absolute atomic E-state index is 12.4. The molecule has 0 fully saturated rings. The number of ketones is 1. The van der Waals surface area contributed by atoms with Gasteiger partial charge in [-0.3, -0.25) is 9.59 Å². The van der Waals surface area contributed by atoms with Crippen LogP contribution in [0.4, 0.5) is 5.69 Å². The van der Waals surface area contributed by atoms with Crippen molar-refractivity contribution in [3.8, 4) is 0 Å². The first-order valence-corrected chi connectivity index (χ1v) is 8.07. The van der Waals surface area contributed by atoms with E-state index in [-0.39, 0.29) is 18.2 Å². The maximum Gasteiger partial charge on any atom is 0.255 e. The summed E-state index contributed by atoms with van der Waals surface area (Å²) in [6.45, 7) is 2.21. The van der Waals surface area contributed by atoms with E-state index in [1.807, 2.05) is 61.7 Å². The topological polar surface area (TPSA) is 50.0 Å². The van der Waals surface area contributed by atoms with E-state index in [1.54, 1.807) is 29.0 Å². The summed E-state index contributed by atoms with van der Waals surface area (Å²) in [6.07, 6.45) is 3.57. The molecule has 0 saturated heterocycles. The molecular weight excluding hydrogens is 312 g/mol. The standard InChI is InChI=1S/C21H18N2O2/c1-16-9-11-17(12-10-16)20(24)15-23-13-5-8-19(14-23)22-21(25)18-6-3-2-4-7-18/h2-14H,15H2,1H3/p+1. The number of Topliss-reactive ketones (excluding diaryl/α,β-unsaturated/α-hetero) is 1. The Balaban J connectivity index is 1.70. The summed E-state index contributed by atoms with van der Waals surface area (Å²) in [5.41, 5.74) is 3.04. The van der Waals surface area contributed by atoms with Gasteiger partial charge in [-0.05, 0) is 25.1 Å². The molecule has 0 aliphatic carbocycles. The van der Waals surface area contributed by atoms with Gasteiger partial charge in [0.15, 0.2) is 12.4 Å². The van der Waals surface area contributed by atoms with Crippen molar-refractivity contribution >= 4 is 17.4 Å². The highest BCUT2D eigenvalue weighted by molar-refractivity contribution is 6.04. The predicted octanol–water partition coefficient (Wildman–Crippen LogP) is 3.42. The predicted molar refractivity (Wildman–Crippen MR) is 96.5 cm³/mol. The minimum Gasteiger partial charge on any atom is -0.317 e. The molecular formula is C21H19N2O2+. The molecule has 0 saturated carbocycles. The monoisotopic (exact) mass is 331 g/mol. The number of anilines is 1. The van der Waals surface area contributed by atoms with Crippen molar-refractivity contribution in [3.05, 3.63) is 95.8 Å². The van der Waals surface area contributed by atoms with Crippen LogP contribution in [0.2, 0.25) is 0 Å². The smallest absolute Gasteiger partial charge is 0.255 e. The number of aryl methyl sites for hydroxylation is 1. The fourth-order valence-electron chi connectivity index (χ4n) is 2.48. The lowest BCUT2D eigenvalue weighted by atomic mass is 10.1. The average Bonchev–Trinajstić information content (AvgIpc) is 2.63. The highest BCUT2D eigenvalue weighted by Gasteiger charge is 2.13. The number of pyridine rings is 1. The molecule has 2 aromatic carbocycles. The van der Waals surface area contributed by atoms with Crippen LogP contribution < -0.4 is 9.88 Å². The molecule has 4 heteroatoms. The quantitative estimate of drug-likeness (QED) is 0.575. The largest absolute Gasteiger partial charge is 0.317 e. The van der Waals surface area contributed by atoms with E-state index in [2.05, 4.69) is 5.32 Å². The lowest BCUT2D eigenvalue weighted by molar-refractivity contribution is -0.682. The molecule has 0 unspecified atom stereocenters. The minimum atomic E-state index is -0.178. The fourth-order valence-corrected chi connectivity index (χ4v) is 2.48. The molecule has 3 rings (SSSR count). The normalized spacial score (nSPS) is 10.3. The van der Waals surface area contributed by atoms with Crippen LogP contribution in [-0.4, -0.2) is 11.7 Å². The third-order valence-corrected chi connectivity index (χ3v) is 3.85. The number of amides is 1. The maximum atomic E-state index is 12.4. The lowest BCUT2D eigenvalue weighted by Crippen LogP contribution is -2.37. The van der Waals surface area contributed by atoms with Crippen LogP contribution in [0.3, 0.4) is 0 Å². The SMILES string of the molecule is Cc1ccc(C(=O)C[n+]2cccc(NC(=O)c3ccccc3)c2)cc1. The average molecular weight is 331 g/mol. The van der Waals surface area contributed by atoms with Crippen LogP contribution in [0.25, 0.3) is 0 Å². The number of aromatic nitrogens is 1. The molecule has 4 nitrogen and oxygen atoms in total. The lowest BCUT2D eigenvalue weighted by Gasteiger charge is -2.04. The number of hydrogen-bond donors (Lipinski definition) is 1. The van der Waals surface area contributed by atoms with Crippen molar-refractivity contribution in [1.82, 2.24) is 0 Å². The minimum absolute atomic E-state index is 0.0246. The van der Waals surface area contributed by atoms with Crippen molar-refractivity contribution in [1.29, 1.82) is 0 Å². The number of hydrogen-bond acceptors (Lipinski definition) is 2. The molecule has 0 radical (unpaired) electrons. The molecule has 3 aromatic rings. The van der Waals surface area contributed by atoms with E-state index in [1.165, 1.54) is 0 Å². The van der Waals surface area contributed by atoms with Gasteiger partial charge in [0.2, 0.25) is 12.3 Å². The van der Waals surface area contributed by atoms with Gasteiger partial charge in [-0.2, -0.15) is 4.57 Å². The van der Waals surface area contributed by atoms with Gasteiger partial charge < -0.3 is 5.32 Å². The molecule has 1 heterocycles. The van der Waals surface area contributed by atoms with Gasteiger partial charge >= 0.3 is 0 Å². The van der Waals surface area contributed by atoms with E-state index in [4.69, 9.17) is 0 Å². The summed E-state index contributed by atoms with van der Waals surface area (Å²) in [5, 5.41) is 2.85. The summed E-state index contributed by atoms with van der Waals surface area (Å²) >= 11 is 0. The van der Waals surface area contributed by atoms with Crippen LogP contribution in [0.5, 0.6) is 0 Å². The number of benzene rings is 2. The Labute approximate surface area is 146 Å². The van der Waals surface area contributed by atoms with Crippen molar-refractivity contribution in [3.63, 3.8) is 0 Å². The first kappa shape index (κ1) is 16.6. The second kappa shape index (κ2) is 7.53. The Morgan fingerprint density at radius 3 is 2.32 bits per heavy atom. The first-order chi connectivity index (χ1) is 12.1. The van der Waals surface area contributed by atoms with Gasteiger partial charge in [0.05, 0.1) is 0 Å². The highest BCUT2D eigenvalue weighted by atomic mass is 16.1. The van der Waals surface area contributed by atoms with Gasteiger partial charge in [-0.25, -0.2) is 0 Å². The molecule has 25 heavy (non-hydrogen) atoms. The summed E-state index contributed by atoms with van der Waals surface area (Å²) in [5.74, 6) is -0.153. The zero-order valence-electron chi connectivity index (χ0n) is 14.0. The molecule has 1 amide bonds. The zero-order valence-corrected chi connectivity index (χ0v) is 14.0. The van der Waals surface area contributed by atoms with Crippen LogP contribution >= 0.6 is 0 Å².